The average Bonchev–Trinajstić information content (AvgIpc) is 3.32. The second kappa shape index (κ2) is 8.92. The molecule has 6 nitrogen and oxygen atoms in total. The molecule has 0 saturated carbocycles. The van der Waals surface area contributed by atoms with Crippen molar-refractivity contribution in [1.29, 1.82) is 0 Å². The van der Waals surface area contributed by atoms with Gasteiger partial charge in [-0.05, 0) is 48.4 Å². The molecule has 0 atom stereocenters. The first-order valence-corrected chi connectivity index (χ1v) is 12.0. The van der Waals surface area contributed by atoms with E-state index in [2.05, 4.69) is 16.3 Å². The van der Waals surface area contributed by atoms with E-state index in [0.717, 1.165) is 38.0 Å². The highest BCUT2D eigenvalue weighted by atomic mass is 32.1. The number of fused-ring (bicyclic) bond motifs is 1. The number of hydrogen-bond donors (Lipinski definition) is 0. The van der Waals surface area contributed by atoms with Crippen molar-refractivity contribution in [2.45, 2.75) is 31.8 Å². The third-order valence-corrected chi connectivity index (χ3v) is 7.63. The first kappa shape index (κ1) is 21.0. The molecule has 1 saturated heterocycles. The van der Waals surface area contributed by atoms with Gasteiger partial charge in [-0.25, -0.2) is 0 Å². The lowest BCUT2D eigenvalue weighted by Gasteiger charge is -2.40. The summed E-state index contributed by atoms with van der Waals surface area (Å²) in [7, 11) is 1.50. The molecule has 2 aliphatic heterocycles. The van der Waals surface area contributed by atoms with Gasteiger partial charge in [-0.3, -0.25) is 19.1 Å². The molecular formula is C25H27N3O3S. The van der Waals surface area contributed by atoms with Crippen LogP contribution in [0.5, 0.6) is 5.75 Å². The van der Waals surface area contributed by atoms with Crippen molar-refractivity contribution >= 4 is 17.2 Å². The smallest absolute Gasteiger partial charge is 0.259 e. The Balaban J connectivity index is 1.31. The van der Waals surface area contributed by atoms with Crippen LogP contribution in [-0.2, 0) is 13.0 Å². The molecule has 2 aliphatic rings. The third kappa shape index (κ3) is 3.98. The summed E-state index contributed by atoms with van der Waals surface area (Å²) >= 11 is 1.86. The number of methoxy groups -OCH3 is 1. The summed E-state index contributed by atoms with van der Waals surface area (Å²) < 4.78 is 6.91. The third-order valence-electron chi connectivity index (χ3n) is 6.61. The molecule has 1 fully saturated rings. The summed E-state index contributed by atoms with van der Waals surface area (Å²) in [6, 6.07) is 13.5. The van der Waals surface area contributed by atoms with E-state index in [1.165, 1.54) is 28.2 Å². The Morgan fingerprint density at radius 1 is 1.09 bits per heavy atom. The number of ether oxygens (including phenoxy) is 1. The Bertz CT molecular complexity index is 1160. The van der Waals surface area contributed by atoms with E-state index < -0.39 is 0 Å². The maximum Gasteiger partial charge on any atom is 0.259 e. The number of carbonyl (C=O) groups excluding carboxylic acids is 1. The largest absolute Gasteiger partial charge is 0.496 e. The minimum atomic E-state index is -0.221. The van der Waals surface area contributed by atoms with Crippen LogP contribution in [0, 0.1) is 0 Å². The molecule has 0 radical (unpaired) electrons. The summed E-state index contributed by atoms with van der Waals surface area (Å²) in [5.41, 5.74) is 2.40. The highest BCUT2D eigenvalue weighted by Crippen LogP contribution is 2.29. The topological polar surface area (TPSA) is 54.8 Å². The molecule has 1 aromatic carbocycles. The van der Waals surface area contributed by atoms with E-state index in [4.69, 9.17) is 4.74 Å². The number of carbonyl (C=O) groups is 1. The van der Waals surface area contributed by atoms with Gasteiger partial charge in [-0.1, -0.05) is 18.2 Å². The van der Waals surface area contributed by atoms with Crippen LogP contribution in [0.3, 0.4) is 0 Å². The van der Waals surface area contributed by atoms with Crippen LogP contribution < -0.4 is 10.3 Å². The Morgan fingerprint density at radius 2 is 1.88 bits per heavy atom. The quantitative estimate of drug-likeness (QED) is 0.611. The van der Waals surface area contributed by atoms with Crippen molar-refractivity contribution in [3.05, 3.63) is 80.4 Å². The highest BCUT2D eigenvalue weighted by molar-refractivity contribution is 7.10. The van der Waals surface area contributed by atoms with E-state index in [9.17, 15) is 9.59 Å². The van der Waals surface area contributed by atoms with Crippen LogP contribution in [0.1, 0.15) is 33.6 Å². The molecule has 5 rings (SSSR count). The zero-order valence-electron chi connectivity index (χ0n) is 18.2. The van der Waals surface area contributed by atoms with Gasteiger partial charge in [0.05, 0.1) is 12.7 Å². The SMILES string of the molecule is COc1cc(=O)n(-c2ccccc2)cc1C(=O)N1CCC(N2CCc3sccc3C2)CC1. The van der Waals surface area contributed by atoms with Crippen LogP contribution in [0.4, 0.5) is 0 Å². The van der Waals surface area contributed by atoms with Crippen LogP contribution in [0.15, 0.2) is 58.8 Å². The van der Waals surface area contributed by atoms with Crippen LogP contribution in [0.2, 0.25) is 0 Å². The van der Waals surface area contributed by atoms with Gasteiger partial charge >= 0.3 is 0 Å². The van der Waals surface area contributed by atoms with Gasteiger partial charge in [-0.15, -0.1) is 11.3 Å². The van der Waals surface area contributed by atoms with Crippen LogP contribution in [0.25, 0.3) is 5.69 Å². The van der Waals surface area contributed by atoms with E-state index >= 15 is 0 Å². The predicted octanol–water partition coefficient (Wildman–Crippen LogP) is 3.57. The fourth-order valence-electron chi connectivity index (χ4n) is 4.82. The van der Waals surface area contributed by atoms with Crippen LogP contribution >= 0.6 is 11.3 Å². The molecule has 0 bridgehead atoms. The normalized spacial score (nSPS) is 17.2. The van der Waals surface area contributed by atoms with E-state index in [1.807, 2.05) is 46.6 Å². The summed E-state index contributed by atoms with van der Waals surface area (Å²) in [5, 5.41) is 2.19. The number of hydrogen-bond acceptors (Lipinski definition) is 5. The maximum absolute atomic E-state index is 13.4. The summed E-state index contributed by atoms with van der Waals surface area (Å²) in [6.45, 7) is 3.55. The number of amides is 1. The number of likely N-dealkylation sites (tertiary alicyclic amines) is 1. The first-order chi connectivity index (χ1) is 15.6. The molecule has 1 amide bonds. The average molecular weight is 450 g/mol. The molecular weight excluding hydrogens is 422 g/mol. The summed E-state index contributed by atoms with van der Waals surface area (Å²) in [5.74, 6) is 0.249. The molecule has 3 aromatic rings. The van der Waals surface area contributed by atoms with Gasteiger partial charge in [-0.2, -0.15) is 0 Å². The van der Waals surface area contributed by atoms with Gasteiger partial charge in [0.2, 0.25) is 0 Å². The number of aromatic nitrogens is 1. The van der Waals surface area contributed by atoms with Crippen LogP contribution in [-0.4, -0.2) is 53.1 Å². The summed E-state index contributed by atoms with van der Waals surface area (Å²) in [4.78, 5) is 32.0. The number of nitrogens with zero attached hydrogens (tertiary/aromatic N) is 3. The van der Waals surface area contributed by atoms with Gasteiger partial charge < -0.3 is 9.64 Å². The zero-order chi connectivity index (χ0) is 22.1. The fourth-order valence-corrected chi connectivity index (χ4v) is 5.71. The monoisotopic (exact) mass is 449 g/mol. The molecule has 166 valence electrons. The number of rotatable bonds is 4. The van der Waals surface area contributed by atoms with Crippen molar-refractivity contribution in [2.24, 2.45) is 0 Å². The van der Waals surface area contributed by atoms with E-state index in [-0.39, 0.29) is 11.5 Å². The van der Waals surface area contributed by atoms with Gasteiger partial charge in [0.1, 0.15) is 5.75 Å². The lowest BCUT2D eigenvalue weighted by molar-refractivity contribution is 0.0597. The van der Waals surface area contributed by atoms with Gasteiger partial charge in [0.15, 0.2) is 0 Å². The Morgan fingerprint density at radius 3 is 2.62 bits per heavy atom. The summed E-state index contributed by atoms with van der Waals surface area (Å²) in [6.07, 6.45) is 4.68. The number of piperidine rings is 1. The number of benzene rings is 1. The zero-order valence-corrected chi connectivity index (χ0v) is 19.0. The van der Waals surface area contributed by atoms with E-state index in [0.29, 0.717) is 30.4 Å². The molecule has 32 heavy (non-hydrogen) atoms. The molecule has 2 aromatic heterocycles. The molecule has 7 heteroatoms. The van der Waals surface area contributed by atoms with Crippen molar-refractivity contribution < 1.29 is 9.53 Å². The lowest BCUT2D eigenvalue weighted by Crippen LogP contribution is -2.48. The first-order valence-electron chi connectivity index (χ1n) is 11.1. The highest BCUT2D eigenvalue weighted by Gasteiger charge is 2.30. The molecule has 4 heterocycles. The second-order valence-electron chi connectivity index (χ2n) is 8.41. The minimum Gasteiger partial charge on any atom is -0.496 e. The number of thiophene rings is 1. The predicted molar refractivity (Wildman–Crippen MR) is 126 cm³/mol. The van der Waals surface area contributed by atoms with Crippen molar-refractivity contribution in [2.75, 3.05) is 26.7 Å². The van der Waals surface area contributed by atoms with Crippen molar-refractivity contribution in [3.8, 4) is 11.4 Å². The molecule has 0 spiro atoms. The van der Waals surface area contributed by atoms with E-state index in [1.54, 1.807) is 6.20 Å². The maximum atomic E-state index is 13.4. The molecule has 0 aliphatic carbocycles. The lowest BCUT2D eigenvalue weighted by atomic mass is 9.99. The van der Waals surface area contributed by atoms with Crippen molar-refractivity contribution in [1.82, 2.24) is 14.4 Å². The molecule has 0 unspecified atom stereocenters. The molecule has 0 N–H and O–H groups in total. The Hall–Kier alpha value is -2.90. The standard InChI is InChI=1S/C25H27N3O3S/c1-31-22-15-24(29)28(20-5-3-2-4-6-20)17-21(22)25(30)26-11-7-19(8-12-26)27-13-9-23-18(16-27)10-14-32-23/h2-6,10,14-15,17,19H,7-9,11-13,16H2,1H3. The Kier molecular flexibility index (Phi) is 5.85. The number of pyridine rings is 1. The second-order valence-corrected chi connectivity index (χ2v) is 9.41. The fraction of sp³-hybridized carbons (Fsp3) is 0.360. The van der Waals surface area contributed by atoms with Gasteiger partial charge in [0, 0.05) is 55.0 Å². The minimum absolute atomic E-state index is 0.0799. The number of para-hydroxylation sites is 1. The van der Waals surface area contributed by atoms with Crippen molar-refractivity contribution in [3.63, 3.8) is 0 Å². The van der Waals surface area contributed by atoms with Gasteiger partial charge in [0.25, 0.3) is 11.5 Å². The Labute approximate surface area is 191 Å².